The van der Waals surface area contributed by atoms with E-state index >= 15 is 0 Å². The Balaban J connectivity index is 1.59. The van der Waals surface area contributed by atoms with Gasteiger partial charge >= 0.3 is 0 Å². The topological polar surface area (TPSA) is 20.2 Å². The van der Waals surface area contributed by atoms with Crippen molar-refractivity contribution in [2.45, 2.75) is 103 Å². The summed E-state index contributed by atoms with van der Waals surface area (Å²) in [6.07, 6.45) is 13.2. The van der Waals surface area contributed by atoms with Gasteiger partial charge in [-0.3, -0.25) is 0 Å². The van der Waals surface area contributed by atoms with Crippen LogP contribution in [0.1, 0.15) is 101 Å². The van der Waals surface area contributed by atoms with Crippen LogP contribution in [-0.2, 0) is 18.3 Å². The van der Waals surface area contributed by atoms with E-state index in [1.807, 2.05) is 0 Å². The molecular weight excluding hydrogens is 328 g/mol. The molecule has 3 aliphatic carbocycles. The number of hydrogen-bond donors (Lipinski definition) is 1. The van der Waals surface area contributed by atoms with Gasteiger partial charge in [0.2, 0.25) is 0 Å². The van der Waals surface area contributed by atoms with E-state index in [-0.39, 0.29) is 6.10 Å². The monoisotopic (exact) mass is 366 g/mol. The Kier molecular flexibility index (Phi) is 5.27. The van der Waals surface area contributed by atoms with Crippen molar-refractivity contribution in [3.63, 3.8) is 0 Å². The second-order valence-corrected chi connectivity index (χ2v) is 10.2. The average Bonchev–Trinajstić information content (AvgIpc) is 3.06. The minimum Gasteiger partial charge on any atom is -0.393 e. The van der Waals surface area contributed by atoms with Crippen LogP contribution < -0.4 is 0 Å². The Morgan fingerprint density at radius 3 is 2.74 bits per heavy atom. The number of aliphatic hydroxyl groups is 1. The molecule has 1 aromatic rings. The van der Waals surface area contributed by atoms with Crippen molar-refractivity contribution in [3.05, 3.63) is 46.0 Å². The van der Waals surface area contributed by atoms with Crippen LogP contribution in [0.5, 0.6) is 0 Å². The fraction of sp³-hybridized carbons (Fsp3) is 0.692. The first-order valence-electron chi connectivity index (χ1n) is 11.4. The summed E-state index contributed by atoms with van der Waals surface area (Å²) < 4.78 is 0. The fourth-order valence-electron chi connectivity index (χ4n) is 6.54. The zero-order valence-corrected chi connectivity index (χ0v) is 17.9. The lowest BCUT2D eigenvalue weighted by Crippen LogP contribution is -2.43. The molecule has 1 aromatic carbocycles. The van der Waals surface area contributed by atoms with Gasteiger partial charge in [0.15, 0.2) is 0 Å². The van der Waals surface area contributed by atoms with Gasteiger partial charge in [-0.1, -0.05) is 37.6 Å². The molecule has 0 heterocycles. The molecule has 1 nitrogen and oxygen atoms in total. The number of allylic oxidation sites excluding steroid dienone is 2. The van der Waals surface area contributed by atoms with Crippen molar-refractivity contribution in [3.8, 4) is 0 Å². The van der Waals surface area contributed by atoms with Crippen molar-refractivity contribution in [2.75, 3.05) is 0 Å². The molecule has 1 fully saturated rings. The third-order valence-corrected chi connectivity index (χ3v) is 8.25. The smallest absolute Gasteiger partial charge is 0.0543 e. The quantitative estimate of drug-likeness (QED) is 0.606. The van der Waals surface area contributed by atoms with E-state index in [0.717, 1.165) is 31.1 Å². The summed E-state index contributed by atoms with van der Waals surface area (Å²) >= 11 is 0. The van der Waals surface area contributed by atoms with Gasteiger partial charge in [-0.15, -0.1) is 0 Å². The molecule has 3 aliphatic rings. The summed E-state index contributed by atoms with van der Waals surface area (Å²) in [6, 6.07) is 5.00. The Hall–Kier alpha value is -1.08. The standard InChI is InChI=1S/C26H38O/c1-17(2)6-5-7-18(3)21-10-11-23-22(21)12-13-25-24(23)9-8-19-16-20(27)14-15-26(19,25)4/h6,12-13,18-21,27H,5,7-11,14-16H2,1-4H3/t18-,19?,20+,21-,26+/m1/s1. The number of aliphatic hydroxyl groups excluding tert-OH is 1. The van der Waals surface area contributed by atoms with Crippen LogP contribution in [0.15, 0.2) is 23.8 Å². The van der Waals surface area contributed by atoms with Gasteiger partial charge in [-0.2, -0.15) is 0 Å². The zero-order chi connectivity index (χ0) is 19.2. The summed E-state index contributed by atoms with van der Waals surface area (Å²) in [6.45, 7) is 9.38. The first kappa shape index (κ1) is 19.2. The summed E-state index contributed by atoms with van der Waals surface area (Å²) in [4.78, 5) is 0. The van der Waals surface area contributed by atoms with Crippen LogP contribution in [0.3, 0.4) is 0 Å². The molecule has 4 rings (SSSR count). The molecule has 0 spiro atoms. The zero-order valence-electron chi connectivity index (χ0n) is 17.9. The maximum absolute atomic E-state index is 10.2. The molecule has 1 saturated carbocycles. The average molecular weight is 367 g/mol. The van der Waals surface area contributed by atoms with E-state index < -0.39 is 0 Å². The highest BCUT2D eigenvalue weighted by molar-refractivity contribution is 5.50. The lowest BCUT2D eigenvalue weighted by molar-refractivity contribution is 0.0483. The largest absolute Gasteiger partial charge is 0.393 e. The third-order valence-electron chi connectivity index (χ3n) is 8.25. The minimum absolute atomic E-state index is 0.0647. The van der Waals surface area contributed by atoms with Gasteiger partial charge in [0, 0.05) is 0 Å². The first-order chi connectivity index (χ1) is 12.9. The van der Waals surface area contributed by atoms with Crippen LogP contribution in [0.25, 0.3) is 0 Å². The second kappa shape index (κ2) is 7.39. The maximum Gasteiger partial charge on any atom is 0.0543 e. The Bertz CT molecular complexity index is 726. The molecule has 0 amide bonds. The van der Waals surface area contributed by atoms with E-state index in [2.05, 4.69) is 45.9 Å². The van der Waals surface area contributed by atoms with Crippen molar-refractivity contribution < 1.29 is 5.11 Å². The lowest BCUT2D eigenvalue weighted by Gasteiger charge is -2.48. The normalized spacial score (nSPS) is 33.0. The molecule has 27 heavy (non-hydrogen) atoms. The van der Waals surface area contributed by atoms with Gasteiger partial charge in [0.1, 0.15) is 0 Å². The molecule has 1 unspecified atom stereocenters. The number of benzene rings is 1. The van der Waals surface area contributed by atoms with Crippen molar-refractivity contribution in [1.29, 1.82) is 0 Å². The molecule has 1 heteroatoms. The highest BCUT2D eigenvalue weighted by atomic mass is 16.3. The SMILES string of the molecule is CC(C)=CCC[C@@H](C)[C@H]1CCc2c1ccc1c2CCC2C[C@@H](O)CC[C@]12C. The molecule has 0 saturated heterocycles. The molecule has 5 atom stereocenters. The molecule has 0 bridgehead atoms. The van der Waals surface area contributed by atoms with E-state index in [0.29, 0.717) is 11.3 Å². The Labute approximate surface area is 166 Å². The third kappa shape index (κ3) is 3.41. The fourth-order valence-corrected chi connectivity index (χ4v) is 6.54. The molecule has 148 valence electrons. The van der Waals surface area contributed by atoms with Crippen LogP contribution >= 0.6 is 0 Å². The summed E-state index contributed by atoms with van der Waals surface area (Å²) in [7, 11) is 0. The van der Waals surface area contributed by atoms with E-state index in [4.69, 9.17) is 0 Å². The summed E-state index contributed by atoms with van der Waals surface area (Å²) in [5.41, 5.74) is 8.50. The van der Waals surface area contributed by atoms with E-state index in [1.54, 1.807) is 22.3 Å². The van der Waals surface area contributed by atoms with Gasteiger partial charge < -0.3 is 5.11 Å². The Morgan fingerprint density at radius 2 is 1.96 bits per heavy atom. The van der Waals surface area contributed by atoms with E-state index in [9.17, 15) is 5.11 Å². The first-order valence-corrected chi connectivity index (χ1v) is 11.4. The maximum atomic E-state index is 10.2. The molecular formula is C26H38O. The molecule has 0 radical (unpaired) electrons. The van der Waals surface area contributed by atoms with Crippen LogP contribution in [0.2, 0.25) is 0 Å². The number of hydrogen-bond acceptors (Lipinski definition) is 1. The highest BCUT2D eigenvalue weighted by Gasteiger charge is 2.45. The van der Waals surface area contributed by atoms with Gasteiger partial charge in [-0.05, 0) is 117 Å². The highest BCUT2D eigenvalue weighted by Crippen LogP contribution is 2.53. The van der Waals surface area contributed by atoms with Gasteiger partial charge in [0.25, 0.3) is 0 Å². The van der Waals surface area contributed by atoms with Crippen LogP contribution in [0.4, 0.5) is 0 Å². The summed E-state index contributed by atoms with van der Waals surface area (Å²) in [5, 5.41) is 10.2. The Morgan fingerprint density at radius 1 is 1.19 bits per heavy atom. The molecule has 0 aromatic heterocycles. The molecule has 1 N–H and O–H groups in total. The predicted octanol–water partition coefficient (Wildman–Crippen LogP) is 6.46. The second-order valence-electron chi connectivity index (χ2n) is 10.2. The van der Waals surface area contributed by atoms with Gasteiger partial charge in [0.05, 0.1) is 6.10 Å². The lowest BCUT2D eigenvalue weighted by atomic mass is 9.57. The van der Waals surface area contributed by atoms with Crippen LogP contribution in [0, 0.1) is 11.8 Å². The minimum atomic E-state index is -0.0647. The summed E-state index contributed by atoms with van der Waals surface area (Å²) in [5.74, 6) is 2.21. The molecule has 0 aliphatic heterocycles. The van der Waals surface area contributed by atoms with Crippen molar-refractivity contribution >= 4 is 0 Å². The van der Waals surface area contributed by atoms with Crippen molar-refractivity contribution in [2.24, 2.45) is 11.8 Å². The van der Waals surface area contributed by atoms with Crippen molar-refractivity contribution in [1.82, 2.24) is 0 Å². The predicted molar refractivity (Wildman–Crippen MR) is 114 cm³/mol. The van der Waals surface area contributed by atoms with E-state index in [1.165, 1.54) is 44.1 Å². The van der Waals surface area contributed by atoms with Crippen LogP contribution in [-0.4, -0.2) is 11.2 Å². The van der Waals surface area contributed by atoms with Gasteiger partial charge in [-0.25, -0.2) is 0 Å². The number of fused-ring (bicyclic) bond motifs is 5. The number of rotatable bonds is 4.